The van der Waals surface area contributed by atoms with E-state index in [1.165, 1.54) is 35.2 Å². The number of hydrogen-bond acceptors (Lipinski definition) is 6. The fourth-order valence-corrected chi connectivity index (χ4v) is 5.47. The summed E-state index contributed by atoms with van der Waals surface area (Å²) in [5.74, 6) is 0.828. The fourth-order valence-electron chi connectivity index (χ4n) is 3.07. The highest BCUT2D eigenvalue weighted by molar-refractivity contribution is 7.98. The van der Waals surface area contributed by atoms with Crippen LogP contribution in [0.15, 0.2) is 63.2 Å². The minimum absolute atomic E-state index is 0.0556. The molecule has 5 nitrogen and oxygen atoms in total. The molecule has 0 saturated carbocycles. The molecule has 0 unspecified atom stereocenters. The monoisotopic (exact) mass is 428 g/mol. The molecule has 4 heterocycles. The van der Waals surface area contributed by atoms with E-state index < -0.39 is 0 Å². The van der Waals surface area contributed by atoms with Gasteiger partial charge in [-0.05, 0) is 40.6 Å². The molecule has 0 aliphatic carbocycles. The van der Waals surface area contributed by atoms with Crippen molar-refractivity contribution in [1.29, 1.82) is 0 Å². The summed E-state index contributed by atoms with van der Waals surface area (Å²) >= 11 is 4.50. The molecule has 140 valence electrons. The first-order valence-corrected chi connectivity index (χ1v) is 11.2. The number of halogens is 1. The molecule has 0 aliphatic rings. The van der Waals surface area contributed by atoms with Crippen LogP contribution in [-0.4, -0.2) is 19.2 Å². The smallest absolute Gasteiger partial charge is 0.270 e. The normalized spacial score (nSPS) is 11.6. The van der Waals surface area contributed by atoms with E-state index in [4.69, 9.17) is 0 Å². The Bertz CT molecular complexity index is 1340. The van der Waals surface area contributed by atoms with Gasteiger partial charge in [-0.25, -0.2) is 4.39 Å². The Hall–Kier alpha value is -2.49. The Balaban J connectivity index is 1.61. The second-order valence-corrected chi connectivity index (χ2v) is 9.03. The standard InChI is InChI=1S/C19H13FN4OS3/c20-13-4-1-3-12(9-13)11-28-19-22-21-18-23(10-14-5-2-7-26-14)17(25)16-15(24(18)19)6-8-27-16/h1-9H,10-11H2. The molecule has 0 N–H and O–H groups in total. The van der Waals surface area contributed by atoms with E-state index in [0.717, 1.165) is 16.0 Å². The molecule has 5 aromatic rings. The first-order valence-electron chi connectivity index (χ1n) is 8.45. The number of benzene rings is 1. The largest absolute Gasteiger partial charge is 0.273 e. The van der Waals surface area contributed by atoms with Gasteiger partial charge in [0.1, 0.15) is 10.5 Å². The lowest BCUT2D eigenvalue weighted by molar-refractivity contribution is 0.626. The van der Waals surface area contributed by atoms with Crippen LogP contribution in [0.2, 0.25) is 0 Å². The number of thioether (sulfide) groups is 1. The van der Waals surface area contributed by atoms with Crippen LogP contribution in [0.3, 0.4) is 0 Å². The molecular weight excluding hydrogens is 415 g/mol. The maximum absolute atomic E-state index is 13.5. The summed E-state index contributed by atoms with van der Waals surface area (Å²) in [6.45, 7) is 0.459. The van der Waals surface area contributed by atoms with Crippen molar-refractivity contribution < 1.29 is 4.39 Å². The SMILES string of the molecule is O=c1c2sccc2n2c(SCc3cccc(F)c3)nnc2n1Cc1cccs1. The topological polar surface area (TPSA) is 52.2 Å². The molecule has 1 aromatic carbocycles. The van der Waals surface area contributed by atoms with Crippen molar-refractivity contribution in [3.8, 4) is 0 Å². The van der Waals surface area contributed by atoms with Crippen LogP contribution in [0, 0.1) is 5.82 Å². The molecule has 5 rings (SSSR count). The molecule has 0 radical (unpaired) electrons. The minimum atomic E-state index is -0.255. The zero-order valence-corrected chi connectivity index (χ0v) is 16.9. The average Bonchev–Trinajstić information content (AvgIpc) is 3.43. The summed E-state index contributed by atoms with van der Waals surface area (Å²) < 4.78 is 17.7. The van der Waals surface area contributed by atoms with Crippen molar-refractivity contribution in [2.45, 2.75) is 17.5 Å². The van der Waals surface area contributed by atoms with Crippen LogP contribution in [0.1, 0.15) is 10.4 Å². The van der Waals surface area contributed by atoms with Crippen LogP contribution in [0.25, 0.3) is 16.0 Å². The quantitative estimate of drug-likeness (QED) is 0.383. The van der Waals surface area contributed by atoms with E-state index in [9.17, 15) is 9.18 Å². The summed E-state index contributed by atoms with van der Waals surface area (Å²) in [6.07, 6.45) is 0. The first kappa shape index (κ1) is 17.6. The lowest BCUT2D eigenvalue weighted by Crippen LogP contribution is -2.22. The van der Waals surface area contributed by atoms with E-state index in [1.807, 2.05) is 39.4 Å². The zero-order chi connectivity index (χ0) is 19.1. The van der Waals surface area contributed by atoms with Crippen molar-refractivity contribution in [3.63, 3.8) is 0 Å². The molecule has 0 amide bonds. The molecule has 0 bridgehead atoms. The average molecular weight is 429 g/mol. The molecule has 0 atom stereocenters. The molecule has 4 aromatic heterocycles. The number of hydrogen-bond donors (Lipinski definition) is 0. The van der Waals surface area contributed by atoms with Crippen molar-refractivity contribution in [3.05, 3.63) is 79.8 Å². The molecular formula is C19H13FN4OS3. The third-order valence-corrected chi connectivity index (χ3v) is 7.09. The Morgan fingerprint density at radius 1 is 1.07 bits per heavy atom. The molecule has 0 spiro atoms. The van der Waals surface area contributed by atoms with Gasteiger partial charge in [-0.1, -0.05) is 30.0 Å². The molecule has 9 heteroatoms. The second-order valence-electron chi connectivity index (χ2n) is 6.14. The van der Waals surface area contributed by atoms with Gasteiger partial charge in [-0.15, -0.1) is 32.9 Å². The van der Waals surface area contributed by atoms with E-state index >= 15 is 0 Å². The third kappa shape index (κ3) is 3.05. The van der Waals surface area contributed by atoms with Gasteiger partial charge in [-0.2, -0.15) is 0 Å². The summed E-state index contributed by atoms with van der Waals surface area (Å²) in [7, 11) is 0. The van der Waals surface area contributed by atoms with Crippen LogP contribution >= 0.6 is 34.4 Å². The molecule has 0 saturated heterocycles. The third-order valence-electron chi connectivity index (χ3n) is 4.33. The maximum atomic E-state index is 13.5. The number of thiophene rings is 2. The Kier molecular flexibility index (Phi) is 4.50. The van der Waals surface area contributed by atoms with Crippen LogP contribution < -0.4 is 5.56 Å². The van der Waals surface area contributed by atoms with Crippen LogP contribution in [0.4, 0.5) is 4.39 Å². The van der Waals surface area contributed by atoms with Crippen LogP contribution in [-0.2, 0) is 12.3 Å². The molecule has 28 heavy (non-hydrogen) atoms. The maximum Gasteiger partial charge on any atom is 0.273 e. The van der Waals surface area contributed by atoms with Crippen molar-refractivity contribution in [2.24, 2.45) is 0 Å². The minimum Gasteiger partial charge on any atom is -0.270 e. The summed E-state index contributed by atoms with van der Waals surface area (Å²) in [4.78, 5) is 14.1. The fraction of sp³-hybridized carbons (Fsp3) is 0.105. The van der Waals surface area contributed by atoms with Crippen molar-refractivity contribution in [2.75, 3.05) is 0 Å². The Morgan fingerprint density at radius 2 is 2.00 bits per heavy atom. The van der Waals surface area contributed by atoms with Gasteiger partial charge in [0, 0.05) is 10.6 Å². The first-order chi connectivity index (χ1) is 13.7. The lowest BCUT2D eigenvalue weighted by Gasteiger charge is -2.08. The summed E-state index contributed by atoms with van der Waals surface area (Å²) in [5.41, 5.74) is 1.62. The van der Waals surface area contributed by atoms with Gasteiger partial charge in [0.2, 0.25) is 5.78 Å². The van der Waals surface area contributed by atoms with E-state index in [2.05, 4.69) is 10.2 Å². The highest BCUT2D eigenvalue weighted by Gasteiger charge is 2.18. The zero-order valence-electron chi connectivity index (χ0n) is 14.4. The number of fused-ring (bicyclic) bond motifs is 3. The predicted molar refractivity (Wildman–Crippen MR) is 112 cm³/mol. The summed E-state index contributed by atoms with van der Waals surface area (Å²) in [6, 6.07) is 12.4. The van der Waals surface area contributed by atoms with Crippen molar-refractivity contribution in [1.82, 2.24) is 19.2 Å². The number of aromatic nitrogens is 4. The lowest BCUT2D eigenvalue weighted by atomic mass is 10.2. The van der Waals surface area contributed by atoms with Gasteiger partial charge >= 0.3 is 0 Å². The Morgan fingerprint density at radius 3 is 2.82 bits per heavy atom. The van der Waals surface area contributed by atoms with Gasteiger partial charge < -0.3 is 0 Å². The van der Waals surface area contributed by atoms with Gasteiger partial charge in [0.05, 0.1) is 12.1 Å². The van der Waals surface area contributed by atoms with E-state index in [-0.39, 0.29) is 11.4 Å². The summed E-state index contributed by atoms with van der Waals surface area (Å²) in [5, 5.41) is 13.2. The predicted octanol–water partition coefficient (Wildman–Crippen LogP) is 4.65. The highest BCUT2D eigenvalue weighted by Crippen LogP contribution is 2.27. The number of nitrogens with zero attached hydrogens (tertiary/aromatic N) is 4. The Labute approximate surface area is 171 Å². The van der Waals surface area contributed by atoms with Gasteiger partial charge in [0.25, 0.3) is 5.56 Å². The molecule has 0 aliphatic heterocycles. The van der Waals surface area contributed by atoms with Gasteiger partial charge in [-0.3, -0.25) is 13.8 Å². The van der Waals surface area contributed by atoms with Crippen molar-refractivity contribution >= 4 is 50.4 Å². The molecule has 0 fully saturated rings. The highest BCUT2D eigenvalue weighted by atomic mass is 32.2. The second kappa shape index (κ2) is 7.16. The van der Waals surface area contributed by atoms with E-state index in [0.29, 0.717) is 27.9 Å². The van der Waals surface area contributed by atoms with Gasteiger partial charge in [0.15, 0.2) is 5.16 Å². The van der Waals surface area contributed by atoms with E-state index in [1.54, 1.807) is 22.0 Å². The van der Waals surface area contributed by atoms with Crippen LogP contribution in [0.5, 0.6) is 0 Å². The number of rotatable bonds is 5.